The molecule has 7 heteroatoms. The number of nitrogens with one attached hydrogen (secondary N) is 2. The van der Waals surface area contributed by atoms with Crippen molar-refractivity contribution in [1.82, 2.24) is 4.98 Å². The monoisotopic (exact) mass is 381 g/mol. The molecule has 2 aromatic carbocycles. The molecule has 1 amide bonds. The summed E-state index contributed by atoms with van der Waals surface area (Å²) in [6, 6.07) is 14.6. The number of rotatable bonds is 5. The molecule has 0 saturated carbocycles. The molecule has 0 radical (unpaired) electrons. The number of nitrogens with zero attached hydrogens (tertiary/aromatic N) is 1. The lowest BCUT2D eigenvalue weighted by molar-refractivity contribution is 0.102. The van der Waals surface area contributed by atoms with E-state index in [1.165, 1.54) is 36.7 Å². The summed E-state index contributed by atoms with van der Waals surface area (Å²) in [7, 11) is -3.74. The lowest BCUT2D eigenvalue weighted by atomic mass is 10.1. The van der Waals surface area contributed by atoms with Crippen LogP contribution in [0.15, 0.2) is 71.9 Å². The predicted octanol–water partition coefficient (Wildman–Crippen LogP) is 3.75. The van der Waals surface area contributed by atoms with E-state index in [0.29, 0.717) is 11.3 Å². The number of aryl methyl sites for hydroxylation is 2. The van der Waals surface area contributed by atoms with Gasteiger partial charge in [-0.25, -0.2) is 8.42 Å². The Labute approximate surface area is 158 Å². The van der Waals surface area contributed by atoms with Gasteiger partial charge >= 0.3 is 0 Å². The molecule has 1 heterocycles. The van der Waals surface area contributed by atoms with Crippen molar-refractivity contribution in [3.63, 3.8) is 0 Å². The van der Waals surface area contributed by atoms with E-state index in [1.54, 1.807) is 12.1 Å². The highest BCUT2D eigenvalue weighted by molar-refractivity contribution is 7.92. The first-order valence-electron chi connectivity index (χ1n) is 8.27. The maximum Gasteiger partial charge on any atom is 0.261 e. The van der Waals surface area contributed by atoms with Crippen LogP contribution in [0.5, 0.6) is 0 Å². The highest BCUT2D eigenvalue weighted by Crippen LogP contribution is 2.19. The summed E-state index contributed by atoms with van der Waals surface area (Å²) >= 11 is 0. The Kier molecular flexibility index (Phi) is 5.23. The predicted molar refractivity (Wildman–Crippen MR) is 105 cm³/mol. The second kappa shape index (κ2) is 7.59. The Morgan fingerprint density at radius 1 is 0.926 bits per heavy atom. The molecule has 3 aromatic rings. The van der Waals surface area contributed by atoms with E-state index >= 15 is 0 Å². The molecule has 3 rings (SSSR count). The van der Waals surface area contributed by atoms with E-state index in [4.69, 9.17) is 0 Å². The van der Waals surface area contributed by atoms with Crippen molar-refractivity contribution in [2.75, 3.05) is 10.0 Å². The van der Waals surface area contributed by atoms with Gasteiger partial charge in [0.15, 0.2) is 0 Å². The van der Waals surface area contributed by atoms with Crippen molar-refractivity contribution < 1.29 is 13.2 Å². The van der Waals surface area contributed by atoms with Crippen LogP contribution >= 0.6 is 0 Å². The largest absolute Gasteiger partial charge is 0.322 e. The Balaban J connectivity index is 1.75. The zero-order chi connectivity index (χ0) is 19.4. The highest BCUT2D eigenvalue weighted by atomic mass is 32.2. The van der Waals surface area contributed by atoms with Gasteiger partial charge in [-0.15, -0.1) is 0 Å². The van der Waals surface area contributed by atoms with Crippen molar-refractivity contribution in [3.8, 4) is 0 Å². The third-order valence-electron chi connectivity index (χ3n) is 3.99. The van der Waals surface area contributed by atoms with Crippen LogP contribution in [0, 0.1) is 13.8 Å². The molecule has 0 atom stereocenters. The fourth-order valence-corrected chi connectivity index (χ4v) is 3.63. The minimum Gasteiger partial charge on any atom is -0.322 e. The molecule has 0 fully saturated rings. The van der Waals surface area contributed by atoms with Crippen molar-refractivity contribution in [2.45, 2.75) is 18.7 Å². The van der Waals surface area contributed by atoms with E-state index in [9.17, 15) is 13.2 Å². The lowest BCUT2D eigenvalue weighted by Crippen LogP contribution is -2.15. The number of sulfonamides is 1. The second-order valence-corrected chi connectivity index (χ2v) is 7.82. The standard InChI is InChI=1S/C20H19N3O3S/c1-14-3-8-19(15(2)13-14)22-20(24)16-4-6-18(7-5-16)27(25,26)23-17-9-11-21-12-10-17/h3-13H,1-2H3,(H,21,23)(H,22,24). The molecule has 0 saturated heterocycles. The van der Waals surface area contributed by atoms with E-state index in [-0.39, 0.29) is 10.8 Å². The summed E-state index contributed by atoms with van der Waals surface area (Å²) in [4.78, 5) is 16.3. The van der Waals surface area contributed by atoms with Crippen molar-refractivity contribution >= 4 is 27.3 Å². The smallest absolute Gasteiger partial charge is 0.261 e. The molecule has 0 aliphatic carbocycles. The number of pyridine rings is 1. The Bertz CT molecular complexity index is 1060. The molecular weight excluding hydrogens is 362 g/mol. The average Bonchev–Trinajstić information content (AvgIpc) is 2.64. The van der Waals surface area contributed by atoms with E-state index < -0.39 is 10.0 Å². The number of hydrogen-bond donors (Lipinski definition) is 2. The summed E-state index contributed by atoms with van der Waals surface area (Å²) in [6.45, 7) is 3.90. The van der Waals surface area contributed by atoms with Gasteiger partial charge in [-0.2, -0.15) is 0 Å². The summed E-state index contributed by atoms with van der Waals surface area (Å²) < 4.78 is 27.3. The van der Waals surface area contributed by atoms with Gasteiger partial charge in [0.1, 0.15) is 0 Å². The average molecular weight is 381 g/mol. The van der Waals surface area contributed by atoms with Crippen molar-refractivity contribution in [2.24, 2.45) is 0 Å². The molecule has 6 nitrogen and oxygen atoms in total. The molecular formula is C20H19N3O3S. The van der Waals surface area contributed by atoms with Gasteiger partial charge in [0.25, 0.3) is 15.9 Å². The maximum absolute atomic E-state index is 12.4. The van der Waals surface area contributed by atoms with Crippen LogP contribution in [-0.4, -0.2) is 19.3 Å². The summed E-state index contributed by atoms with van der Waals surface area (Å²) in [5.74, 6) is -0.298. The second-order valence-electron chi connectivity index (χ2n) is 6.14. The molecule has 0 aliphatic heterocycles. The lowest BCUT2D eigenvalue weighted by Gasteiger charge is -2.10. The minimum absolute atomic E-state index is 0.0716. The third-order valence-corrected chi connectivity index (χ3v) is 5.39. The number of amides is 1. The minimum atomic E-state index is -3.74. The van der Waals surface area contributed by atoms with Crippen LogP contribution < -0.4 is 10.0 Å². The molecule has 0 bridgehead atoms. The van der Waals surface area contributed by atoms with Crippen LogP contribution in [0.4, 0.5) is 11.4 Å². The van der Waals surface area contributed by atoms with Gasteiger partial charge in [0, 0.05) is 23.6 Å². The maximum atomic E-state index is 12.4. The number of carbonyl (C=O) groups is 1. The Morgan fingerprint density at radius 3 is 2.22 bits per heavy atom. The molecule has 138 valence electrons. The SMILES string of the molecule is Cc1ccc(NC(=O)c2ccc(S(=O)(=O)Nc3ccncc3)cc2)c(C)c1. The zero-order valence-electron chi connectivity index (χ0n) is 14.9. The van der Waals surface area contributed by atoms with Gasteiger partial charge in [0.05, 0.1) is 10.6 Å². The number of anilines is 2. The number of hydrogen-bond acceptors (Lipinski definition) is 4. The van der Waals surface area contributed by atoms with Gasteiger partial charge in [0.2, 0.25) is 0 Å². The van der Waals surface area contributed by atoms with E-state index in [2.05, 4.69) is 15.0 Å². The van der Waals surface area contributed by atoms with Gasteiger partial charge < -0.3 is 5.32 Å². The summed E-state index contributed by atoms with van der Waals surface area (Å²) in [5, 5.41) is 2.84. The summed E-state index contributed by atoms with van der Waals surface area (Å²) in [6.07, 6.45) is 3.00. The highest BCUT2D eigenvalue weighted by Gasteiger charge is 2.15. The third kappa shape index (κ3) is 4.51. The number of carbonyl (C=O) groups excluding carboxylic acids is 1. The fourth-order valence-electron chi connectivity index (χ4n) is 2.57. The van der Waals surface area contributed by atoms with E-state index in [0.717, 1.165) is 16.8 Å². The van der Waals surface area contributed by atoms with Crippen LogP contribution in [0.2, 0.25) is 0 Å². The molecule has 0 unspecified atom stereocenters. The fraction of sp³-hybridized carbons (Fsp3) is 0.100. The molecule has 2 N–H and O–H groups in total. The van der Waals surface area contributed by atoms with Crippen molar-refractivity contribution in [1.29, 1.82) is 0 Å². The topological polar surface area (TPSA) is 88.2 Å². The molecule has 27 heavy (non-hydrogen) atoms. The summed E-state index contributed by atoms with van der Waals surface area (Å²) in [5.41, 5.74) is 3.59. The van der Waals surface area contributed by atoms with Crippen LogP contribution in [0.25, 0.3) is 0 Å². The van der Waals surface area contributed by atoms with Crippen LogP contribution in [0.1, 0.15) is 21.5 Å². The number of benzene rings is 2. The van der Waals surface area contributed by atoms with E-state index in [1.807, 2.05) is 32.0 Å². The normalized spacial score (nSPS) is 11.0. The first-order chi connectivity index (χ1) is 12.8. The van der Waals surface area contributed by atoms with Crippen LogP contribution in [-0.2, 0) is 10.0 Å². The van der Waals surface area contributed by atoms with Gasteiger partial charge in [-0.1, -0.05) is 17.7 Å². The van der Waals surface area contributed by atoms with Gasteiger partial charge in [-0.3, -0.25) is 14.5 Å². The molecule has 0 aliphatic rings. The molecule has 1 aromatic heterocycles. The first kappa shape index (κ1) is 18.6. The Hall–Kier alpha value is -3.19. The Morgan fingerprint density at radius 2 is 1.59 bits per heavy atom. The van der Waals surface area contributed by atoms with Crippen molar-refractivity contribution in [3.05, 3.63) is 83.7 Å². The first-order valence-corrected chi connectivity index (χ1v) is 9.75. The van der Waals surface area contributed by atoms with Gasteiger partial charge in [-0.05, 0) is 61.9 Å². The quantitative estimate of drug-likeness (QED) is 0.704. The molecule has 0 spiro atoms. The zero-order valence-corrected chi connectivity index (χ0v) is 15.7. The van der Waals surface area contributed by atoms with Crippen LogP contribution in [0.3, 0.4) is 0 Å². The number of aromatic nitrogens is 1.